The first-order valence-electron chi connectivity index (χ1n) is 4.86. The topological polar surface area (TPSA) is 92.7 Å². The number of hydrogen-bond donors (Lipinski definition) is 2. The van der Waals surface area contributed by atoms with Gasteiger partial charge in [-0.3, -0.25) is 9.52 Å². The monoisotopic (exact) mass is 277 g/mol. The van der Waals surface area contributed by atoms with Crippen LogP contribution in [0.15, 0.2) is 18.2 Å². The van der Waals surface area contributed by atoms with Gasteiger partial charge in [0, 0.05) is 6.07 Å². The molecule has 0 aliphatic carbocycles. The van der Waals surface area contributed by atoms with Crippen LogP contribution in [0, 0.1) is 5.82 Å². The summed E-state index contributed by atoms with van der Waals surface area (Å²) in [6.07, 6.45) is 0. The predicted molar refractivity (Wildman–Crippen MR) is 62.6 cm³/mol. The van der Waals surface area contributed by atoms with Gasteiger partial charge in [0.15, 0.2) is 5.25 Å². The minimum Gasteiger partial charge on any atom is -0.494 e. The Kier molecular flexibility index (Phi) is 4.12. The van der Waals surface area contributed by atoms with Crippen molar-refractivity contribution in [2.75, 3.05) is 11.8 Å². The summed E-state index contributed by atoms with van der Waals surface area (Å²) in [7, 11) is -2.87. The summed E-state index contributed by atoms with van der Waals surface area (Å²) >= 11 is 0. The lowest BCUT2D eigenvalue weighted by atomic mass is 10.3. The largest absolute Gasteiger partial charge is 0.494 e. The molecule has 1 atom stereocenters. The highest BCUT2D eigenvalue weighted by Gasteiger charge is 2.28. The number of anilines is 1. The van der Waals surface area contributed by atoms with Gasteiger partial charge in [0.2, 0.25) is 10.0 Å². The van der Waals surface area contributed by atoms with E-state index in [0.29, 0.717) is 0 Å². The lowest BCUT2D eigenvalue weighted by molar-refractivity contribution is -0.136. The Morgan fingerprint density at radius 1 is 1.50 bits per heavy atom. The Morgan fingerprint density at radius 2 is 2.11 bits per heavy atom. The molecule has 6 nitrogen and oxygen atoms in total. The molecule has 0 saturated carbocycles. The van der Waals surface area contributed by atoms with Gasteiger partial charge < -0.3 is 9.84 Å². The smallest absolute Gasteiger partial charge is 0.323 e. The van der Waals surface area contributed by atoms with Gasteiger partial charge in [-0.15, -0.1) is 0 Å². The van der Waals surface area contributed by atoms with Crippen LogP contribution in [0.1, 0.15) is 6.92 Å². The summed E-state index contributed by atoms with van der Waals surface area (Å²) in [5, 5.41) is 7.02. The molecule has 1 rings (SSSR count). The molecular formula is C10H12FNO5S. The van der Waals surface area contributed by atoms with Crippen molar-refractivity contribution in [2.24, 2.45) is 0 Å². The first kappa shape index (κ1) is 14.2. The van der Waals surface area contributed by atoms with Crippen molar-refractivity contribution in [1.82, 2.24) is 0 Å². The maximum Gasteiger partial charge on any atom is 0.323 e. The van der Waals surface area contributed by atoms with Crippen LogP contribution in [-0.4, -0.2) is 31.9 Å². The van der Waals surface area contributed by atoms with E-state index in [1.807, 2.05) is 4.72 Å². The van der Waals surface area contributed by atoms with Crippen molar-refractivity contribution in [2.45, 2.75) is 12.2 Å². The number of hydrogen-bond acceptors (Lipinski definition) is 4. The Bertz CT molecular complexity index is 557. The highest BCUT2D eigenvalue weighted by molar-refractivity contribution is 7.94. The van der Waals surface area contributed by atoms with Gasteiger partial charge in [-0.05, 0) is 19.1 Å². The Labute approximate surface area is 103 Å². The zero-order chi connectivity index (χ0) is 13.9. The van der Waals surface area contributed by atoms with Crippen LogP contribution in [0.4, 0.5) is 10.1 Å². The predicted octanol–water partition coefficient (Wildman–Crippen LogP) is 1.05. The summed E-state index contributed by atoms with van der Waals surface area (Å²) in [6, 6.07) is 3.18. The van der Waals surface area contributed by atoms with E-state index in [1.165, 1.54) is 7.11 Å². The van der Waals surface area contributed by atoms with Crippen LogP contribution in [0.3, 0.4) is 0 Å². The number of sulfonamides is 1. The second-order valence-electron chi connectivity index (χ2n) is 3.47. The third-order valence-electron chi connectivity index (χ3n) is 2.23. The minimum atomic E-state index is -4.11. The maximum atomic E-state index is 12.9. The highest BCUT2D eigenvalue weighted by atomic mass is 32.2. The van der Waals surface area contributed by atoms with Crippen LogP contribution >= 0.6 is 0 Å². The zero-order valence-electron chi connectivity index (χ0n) is 9.68. The fourth-order valence-electron chi connectivity index (χ4n) is 1.12. The molecule has 0 aliphatic rings. The van der Waals surface area contributed by atoms with E-state index >= 15 is 0 Å². The average Bonchev–Trinajstić information content (AvgIpc) is 2.30. The van der Waals surface area contributed by atoms with Crippen LogP contribution in [0.5, 0.6) is 5.75 Å². The molecule has 0 heterocycles. The van der Waals surface area contributed by atoms with Crippen molar-refractivity contribution >= 4 is 21.7 Å². The average molecular weight is 277 g/mol. The number of aliphatic carboxylic acids is 1. The third-order valence-corrected chi connectivity index (χ3v) is 3.87. The molecule has 0 saturated heterocycles. The number of carbonyl (C=O) groups is 1. The summed E-state index contributed by atoms with van der Waals surface area (Å²) in [6.45, 7) is 1.03. The van der Waals surface area contributed by atoms with Crippen LogP contribution in [0.2, 0.25) is 0 Å². The van der Waals surface area contributed by atoms with Crippen molar-refractivity contribution < 1.29 is 27.4 Å². The molecule has 0 amide bonds. The second-order valence-corrected chi connectivity index (χ2v) is 5.47. The van der Waals surface area contributed by atoms with Crippen LogP contribution in [-0.2, 0) is 14.8 Å². The van der Waals surface area contributed by atoms with E-state index in [2.05, 4.69) is 0 Å². The molecule has 100 valence electrons. The standard InChI is InChI=1S/C10H12FNO5S/c1-6(10(13)14)18(15,16)12-8-4-3-7(11)5-9(8)17-2/h3-6,12H,1-2H3,(H,13,14). The van der Waals surface area contributed by atoms with E-state index in [1.54, 1.807) is 0 Å². The lowest BCUT2D eigenvalue weighted by Gasteiger charge is -2.13. The molecule has 8 heteroatoms. The van der Waals surface area contributed by atoms with Crippen molar-refractivity contribution in [1.29, 1.82) is 0 Å². The number of carboxylic acids is 1. The maximum absolute atomic E-state index is 12.9. The van der Waals surface area contributed by atoms with Crippen LogP contribution in [0.25, 0.3) is 0 Å². The SMILES string of the molecule is COc1cc(F)ccc1NS(=O)(=O)C(C)C(=O)O. The van der Waals surface area contributed by atoms with E-state index in [9.17, 15) is 17.6 Å². The van der Waals surface area contributed by atoms with E-state index < -0.39 is 27.1 Å². The second kappa shape index (κ2) is 5.21. The Balaban J connectivity index is 3.08. The van der Waals surface area contributed by atoms with Crippen molar-refractivity contribution in [3.63, 3.8) is 0 Å². The number of benzene rings is 1. The summed E-state index contributed by atoms with van der Waals surface area (Å²) in [4.78, 5) is 10.6. The molecule has 0 spiro atoms. The minimum absolute atomic E-state index is 0.0213. The number of methoxy groups -OCH3 is 1. The molecule has 0 aliphatic heterocycles. The molecular weight excluding hydrogens is 265 g/mol. The molecule has 2 N–H and O–H groups in total. The number of ether oxygens (including phenoxy) is 1. The normalized spacial score (nSPS) is 12.8. The summed E-state index contributed by atoms with van der Waals surface area (Å²) in [5.41, 5.74) is -0.0213. The molecule has 0 radical (unpaired) electrons. The number of halogens is 1. The Morgan fingerprint density at radius 3 is 2.61 bits per heavy atom. The fraction of sp³-hybridized carbons (Fsp3) is 0.300. The molecule has 1 unspecified atom stereocenters. The van der Waals surface area contributed by atoms with Crippen LogP contribution < -0.4 is 9.46 Å². The van der Waals surface area contributed by atoms with Gasteiger partial charge in [-0.25, -0.2) is 12.8 Å². The van der Waals surface area contributed by atoms with Gasteiger partial charge in [0.1, 0.15) is 11.6 Å². The quantitative estimate of drug-likeness (QED) is 0.839. The molecule has 0 fully saturated rings. The molecule has 1 aromatic carbocycles. The number of nitrogens with one attached hydrogen (secondary N) is 1. The molecule has 0 bridgehead atoms. The first-order chi connectivity index (χ1) is 8.27. The number of rotatable bonds is 5. The van der Waals surface area contributed by atoms with E-state index in [0.717, 1.165) is 25.1 Å². The highest BCUT2D eigenvalue weighted by Crippen LogP contribution is 2.26. The van der Waals surface area contributed by atoms with Gasteiger partial charge in [0.05, 0.1) is 12.8 Å². The lowest BCUT2D eigenvalue weighted by Crippen LogP contribution is -2.32. The zero-order valence-corrected chi connectivity index (χ0v) is 10.5. The van der Waals surface area contributed by atoms with E-state index in [-0.39, 0.29) is 11.4 Å². The summed E-state index contributed by atoms with van der Waals surface area (Å²) in [5.74, 6) is -2.11. The summed E-state index contributed by atoms with van der Waals surface area (Å²) < 4.78 is 43.1. The Hall–Kier alpha value is -1.83. The van der Waals surface area contributed by atoms with Crippen molar-refractivity contribution in [3.8, 4) is 5.75 Å². The van der Waals surface area contributed by atoms with E-state index in [4.69, 9.17) is 9.84 Å². The van der Waals surface area contributed by atoms with Gasteiger partial charge >= 0.3 is 5.97 Å². The molecule has 1 aromatic rings. The molecule has 18 heavy (non-hydrogen) atoms. The number of carboxylic acid groups (broad SMARTS) is 1. The fourth-order valence-corrected chi connectivity index (χ4v) is 2.04. The first-order valence-corrected chi connectivity index (χ1v) is 6.40. The molecule has 0 aromatic heterocycles. The third kappa shape index (κ3) is 3.10. The van der Waals surface area contributed by atoms with Crippen molar-refractivity contribution in [3.05, 3.63) is 24.0 Å². The van der Waals surface area contributed by atoms with Gasteiger partial charge in [-0.1, -0.05) is 0 Å². The van der Waals surface area contributed by atoms with Gasteiger partial charge in [0.25, 0.3) is 0 Å². The van der Waals surface area contributed by atoms with Gasteiger partial charge in [-0.2, -0.15) is 0 Å².